The third-order valence-electron chi connectivity index (χ3n) is 4.53. The Kier molecular flexibility index (Phi) is 7.55. The van der Waals surface area contributed by atoms with Gasteiger partial charge in [0.05, 0.1) is 5.92 Å². The second-order valence-electron chi connectivity index (χ2n) is 6.31. The number of nitrogens with zero attached hydrogens (tertiary/aromatic N) is 1. The summed E-state index contributed by atoms with van der Waals surface area (Å²) in [4.78, 5) is 13.9. The van der Waals surface area contributed by atoms with Crippen LogP contribution in [0.5, 0.6) is 0 Å². The predicted octanol–water partition coefficient (Wildman–Crippen LogP) is 3.73. The second kappa shape index (κ2) is 8.72. The van der Waals surface area contributed by atoms with E-state index in [0.29, 0.717) is 13.1 Å². The fourth-order valence-electron chi connectivity index (χ4n) is 3.08. The van der Waals surface area contributed by atoms with E-state index in [9.17, 15) is 18.0 Å². The molecule has 0 saturated carbocycles. The van der Waals surface area contributed by atoms with Crippen molar-refractivity contribution < 1.29 is 18.0 Å². The second-order valence-corrected chi connectivity index (χ2v) is 6.31. The number of nitrogens with two attached hydrogens (primary N) is 1. The first-order valence-corrected chi connectivity index (χ1v) is 7.94. The molecule has 1 aliphatic heterocycles. The van der Waals surface area contributed by atoms with Crippen molar-refractivity contribution in [1.82, 2.24) is 4.90 Å². The summed E-state index contributed by atoms with van der Waals surface area (Å²) in [5.41, 5.74) is 6.01. The van der Waals surface area contributed by atoms with Gasteiger partial charge in [0.25, 0.3) is 0 Å². The minimum atomic E-state index is -4.44. The number of likely N-dealkylation sites (tertiary alicyclic amines) is 1. The van der Waals surface area contributed by atoms with E-state index in [1.165, 1.54) is 12.1 Å². The largest absolute Gasteiger partial charge is 0.396 e. The van der Waals surface area contributed by atoms with Crippen molar-refractivity contribution in [3.63, 3.8) is 0 Å². The van der Waals surface area contributed by atoms with Crippen LogP contribution in [0.2, 0.25) is 0 Å². The smallest absolute Gasteiger partial charge is 0.342 e. The van der Waals surface area contributed by atoms with Gasteiger partial charge in [0, 0.05) is 25.6 Å². The Morgan fingerprint density at radius 1 is 1.33 bits per heavy atom. The van der Waals surface area contributed by atoms with Crippen LogP contribution in [-0.2, 0) is 4.79 Å². The summed E-state index contributed by atoms with van der Waals surface area (Å²) in [6, 6.07) is 7.57. The van der Waals surface area contributed by atoms with Crippen LogP contribution in [0.15, 0.2) is 30.3 Å². The quantitative estimate of drug-likeness (QED) is 0.884. The van der Waals surface area contributed by atoms with Crippen molar-refractivity contribution in [2.24, 2.45) is 11.7 Å². The van der Waals surface area contributed by atoms with Crippen LogP contribution in [0.1, 0.15) is 37.7 Å². The molecule has 3 atom stereocenters. The summed E-state index contributed by atoms with van der Waals surface area (Å²) in [6.07, 6.45) is -3.27. The van der Waals surface area contributed by atoms with Crippen molar-refractivity contribution in [2.45, 2.75) is 44.3 Å². The third kappa shape index (κ3) is 5.38. The van der Waals surface area contributed by atoms with E-state index in [2.05, 4.69) is 0 Å². The van der Waals surface area contributed by atoms with Crippen LogP contribution in [0.3, 0.4) is 0 Å². The van der Waals surface area contributed by atoms with E-state index in [0.717, 1.165) is 12.8 Å². The maximum absolute atomic E-state index is 13.3. The SMILES string of the molecule is CC(N)C1CCCN(C(=O)CC(c2ccccc2)C(F)(F)F)C1.Cl. The molecule has 0 bridgehead atoms. The lowest BCUT2D eigenvalue weighted by Crippen LogP contribution is -2.45. The van der Waals surface area contributed by atoms with Gasteiger partial charge in [0.2, 0.25) is 5.91 Å². The molecule has 0 aliphatic carbocycles. The minimum absolute atomic E-state index is 0. The summed E-state index contributed by atoms with van der Waals surface area (Å²) in [5.74, 6) is -2.04. The summed E-state index contributed by atoms with van der Waals surface area (Å²) >= 11 is 0. The molecule has 1 aliphatic rings. The lowest BCUT2D eigenvalue weighted by molar-refractivity contribution is -0.161. The first-order valence-electron chi connectivity index (χ1n) is 7.94. The van der Waals surface area contributed by atoms with E-state index >= 15 is 0 Å². The van der Waals surface area contributed by atoms with Crippen LogP contribution in [0.4, 0.5) is 13.2 Å². The lowest BCUT2D eigenvalue weighted by Gasteiger charge is -2.35. The maximum Gasteiger partial charge on any atom is 0.396 e. The standard InChI is InChI=1S/C17H23F3N2O.ClH/c1-12(21)14-8-5-9-22(11-14)16(23)10-15(17(18,19)20)13-6-3-2-4-7-13;/h2-4,6-7,12,14-15H,5,8-11,21H2,1H3;1H. The monoisotopic (exact) mass is 364 g/mol. The average Bonchev–Trinajstić information content (AvgIpc) is 2.52. The number of halogens is 4. The molecular weight excluding hydrogens is 341 g/mol. The highest BCUT2D eigenvalue weighted by Crippen LogP contribution is 2.38. The fourth-order valence-corrected chi connectivity index (χ4v) is 3.08. The number of hydrogen-bond acceptors (Lipinski definition) is 2. The predicted molar refractivity (Wildman–Crippen MR) is 90.1 cm³/mol. The Hall–Kier alpha value is -1.27. The number of alkyl halides is 3. The van der Waals surface area contributed by atoms with Crippen LogP contribution < -0.4 is 5.73 Å². The van der Waals surface area contributed by atoms with Crippen molar-refractivity contribution in [3.05, 3.63) is 35.9 Å². The Bertz CT molecular complexity index is 522. The molecule has 0 spiro atoms. The molecule has 1 saturated heterocycles. The van der Waals surface area contributed by atoms with E-state index in [-0.39, 0.29) is 29.9 Å². The zero-order chi connectivity index (χ0) is 17.0. The average molecular weight is 365 g/mol. The first-order chi connectivity index (χ1) is 10.8. The molecule has 1 amide bonds. The number of amides is 1. The Labute approximate surface area is 146 Å². The molecule has 2 rings (SSSR count). The number of piperidine rings is 1. The molecule has 1 heterocycles. The van der Waals surface area contributed by atoms with Crippen LogP contribution in [0.25, 0.3) is 0 Å². The Morgan fingerprint density at radius 3 is 2.50 bits per heavy atom. The molecule has 136 valence electrons. The van der Waals surface area contributed by atoms with Crippen molar-refractivity contribution in [3.8, 4) is 0 Å². The van der Waals surface area contributed by atoms with Gasteiger partial charge >= 0.3 is 6.18 Å². The molecule has 0 radical (unpaired) electrons. The molecule has 7 heteroatoms. The van der Waals surface area contributed by atoms with Crippen molar-refractivity contribution >= 4 is 18.3 Å². The number of carbonyl (C=O) groups is 1. The molecule has 24 heavy (non-hydrogen) atoms. The molecule has 2 N–H and O–H groups in total. The van der Waals surface area contributed by atoms with Gasteiger partial charge < -0.3 is 10.6 Å². The Morgan fingerprint density at radius 2 is 1.96 bits per heavy atom. The Balaban J connectivity index is 0.00000288. The number of carbonyl (C=O) groups excluding carboxylic acids is 1. The summed E-state index contributed by atoms with van der Waals surface area (Å²) in [5, 5.41) is 0. The summed E-state index contributed by atoms with van der Waals surface area (Å²) < 4.78 is 40.0. The van der Waals surface area contributed by atoms with Gasteiger partial charge in [-0.15, -0.1) is 12.4 Å². The number of rotatable bonds is 4. The van der Waals surface area contributed by atoms with E-state index in [1.807, 2.05) is 6.92 Å². The third-order valence-corrected chi connectivity index (χ3v) is 4.53. The highest BCUT2D eigenvalue weighted by atomic mass is 35.5. The van der Waals surface area contributed by atoms with Gasteiger partial charge in [-0.25, -0.2) is 0 Å². The van der Waals surface area contributed by atoms with Crippen LogP contribution >= 0.6 is 12.4 Å². The topological polar surface area (TPSA) is 46.3 Å². The van der Waals surface area contributed by atoms with Gasteiger partial charge in [-0.3, -0.25) is 4.79 Å². The van der Waals surface area contributed by atoms with Crippen molar-refractivity contribution in [1.29, 1.82) is 0 Å². The van der Waals surface area contributed by atoms with Gasteiger partial charge in [0.1, 0.15) is 0 Å². The minimum Gasteiger partial charge on any atom is -0.342 e. The summed E-state index contributed by atoms with van der Waals surface area (Å²) in [7, 11) is 0. The number of benzene rings is 1. The first kappa shape index (κ1) is 20.8. The highest BCUT2D eigenvalue weighted by molar-refractivity contribution is 5.85. The fraction of sp³-hybridized carbons (Fsp3) is 0.588. The normalized spacial score (nSPS) is 20.9. The van der Waals surface area contributed by atoms with E-state index in [4.69, 9.17) is 5.73 Å². The van der Waals surface area contributed by atoms with Gasteiger partial charge in [-0.2, -0.15) is 13.2 Å². The molecule has 1 aromatic rings. The van der Waals surface area contributed by atoms with Crippen LogP contribution in [-0.4, -0.2) is 36.1 Å². The number of hydrogen-bond donors (Lipinski definition) is 1. The van der Waals surface area contributed by atoms with Crippen molar-refractivity contribution in [2.75, 3.05) is 13.1 Å². The van der Waals surface area contributed by atoms with Gasteiger partial charge in [0.15, 0.2) is 0 Å². The van der Waals surface area contributed by atoms with Gasteiger partial charge in [-0.1, -0.05) is 30.3 Å². The van der Waals surface area contributed by atoms with Gasteiger partial charge in [-0.05, 0) is 31.2 Å². The van der Waals surface area contributed by atoms with E-state index in [1.54, 1.807) is 23.1 Å². The zero-order valence-corrected chi connectivity index (χ0v) is 14.4. The molecule has 3 unspecified atom stereocenters. The van der Waals surface area contributed by atoms with E-state index < -0.39 is 24.4 Å². The van der Waals surface area contributed by atoms with Crippen LogP contribution in [0, 0.1) is 5.92 Å². The molecule has 1 fully saturated rings. The molecule has 0 aromatic heterocycles. The zero-order valence-electron chi connectivity index (χ0n) is 13.6. The summed E-state index contributed by atoms with van der Waals surface area (Å²) in [6.45, 7) is 2.85. The maximum atomic E-state index is 13.3. The highest BCUT2D eigenvalue weighted by Gasteiger charge is 2.42. The molecular formula is C17H24ClF3N2O. The molecule has 3 nitrogen and oxygen atoms in total. The lowest BCUT2D eigenvalue weighted by atomic mass is 9.90. The molecule has 1 aromatic carbocycles.